The minimum Gasteiger partial charge on any atom is -0.398 e. The Morgan fingerprint density at radius 1 is 1.52 bits per heavy atom. The zero-order valence-corrected chi connectivity index (χ0v) is 13.4. The molecule has 4 heteroatoms. The Labute approximate surface area is 128 Å². The summed E-state index contributed by atoms with van der Waals surface area (Å²) in [6.07, 6.45) is 4.19. The molecule has 0 saturated heterocycles. The van der Waals surface area contributed by atoms with Crippen LogP contribution in [0.1, 0.15) is 42.1 Å². The number of nitrogens with zero attached hydrogens (tertiary/aromatic N) is 1. The number of nitrogens with two attached hydrogens (primary N) is 1. The molecule has 0 amide bonds. The van der Waals surface area contributed by atoms with Gasteiger partial charge in [0, 0.05) is 36.6 Å². The number of nitrogen functional groups attached to an aromatic ring is 1. The van der Waals surface area contributed by atoms with Crippen molar-refractivity contribution in [3.63, 3.8) is 0 Å². The van der Waals surface area contributed by atoms with E-state index in [1.807, 2.05) is 26.2 Å². The highest BCUT2D eigenvalue weighted by atomic mass is 16.1. The van der Waals surface area contributed by atoms with Gasteiger partial charge in [-0.05, 0) is 25.1 Å². The fourth-order valence-corrected chi connectivity index (χ4v) is 2.50. The monoisotopic (exact) mass is 289 g/mol. The Kier molecular flexibility index (Phi) is 6.96. The molecule has 1 unspecified atom stereocenters. The quantitative estimate of drug-likeness (QED) is 0.542. The van der Waals surface area contributed by atoms with Crippen LogP contribution in [0.15, 0.2) is 30.5 Å². The lowest BCUT2D eigenvalue weighted by atomic mass is 10.0. The summed E-state index contributed by atoms with van der Waals surface area (Å²) < 4.78 is 0. The summed E-state index contributed by atoms with van der Waals surface area (Å²) in [7, 11) is 3.94. The van der Waals surface area contributed by atoms with Gasteiger partial charge in [0.1, 0.15) is 6.29 Å². The SMILES string of the molecule is C=C(NC)C(CCCC)N(C)Cc1c(N)cccc1C=O. The Hall–Kier alpha value is -1.81. The van der Waals surface area contributed by atoms with E-state index in [0.717, 1.165) is 36.8 Å². The Morgan fingerprint density at radius 3 is 2.81 bits per heavy atom. The van der Waals surface area contributed by atoms with E-state index in [0.29, 0.717) is 17.8 Å². The number of benzene rings is 1. The maximum Gasteiger partial charge on any atom is 0.150 e. The fraction of sp³-hybridized carbons (Fsp3) is 0.471. The lowest BCUT2D eigenvalue weighted by Gasteiger charge is -2.30. The first-order valence-corrected chi connectivity index (χ1v) is 7.44. The zero-order valence-electron chi connectivity index (χ0n) is 13.4. The third-order valence-electron chi connectivity index (χ3n) is 3.87. The molecular weight excluding hydrogens is 262 g/mol. The summed E-state index contributed by atoms with van der Waals surface area (Å²) in [6, 6.07) is 5.68. The molecular formula is C17H27N3O. The molecule has 1 aromatic rings. The van der Waals surface area contributed by atoms with Crippen LogP contribution >= 0.6 is 0 Å². The normalized spacial score (nSPS) is 12.2. The molecule has 0 radical (unpaired) electrons. The number of hydrogen-bond donors (Lipinski definition) is 2. The highest BCUT2D eigenvalue weighted by molar-refractivity contribution is 5.80. The summed E-state index contributed by atoms with van der Waals surface area (Å²) in [6.45, 7) is 6.91. The predicted octanol–water partition coefficient (Wildman–Crippen LogP) is 2.81. The topological polar surface area (TPSA) is 58.4 Å². The summed E-state index contributed by atoms with van der Waals surface area (Å²) in [5.74, 6) is 0. The van der Waals surface area contributed by atoms with Crippen LogP contribution in [0.2, 0.25) is 0 Å². The van der Waals surface area contributed by atoms with E-state index in [1.54, 1.807) is 6.07 Å². The van der Waals surface area contributed by atoms with Gasteiger partial charge in [-0.15, -0.1) is 0 Å². The number of carbonyl (C=O) groups excluding carboxylic acids is 1. The van der Waals surface area contributed by atoms with Crippen LogP contribution < -0.4 is 11.1 Å². The minimum absolute atomic E-state index is 0.231. The lowest BCUT2D eigenvalue weighted by Crippen LogP contribution is -2.36. The van der Waals surface area contributed by atoms with E-state index in [4.69, 9.17) is 5.73 Å². The van der Waals surface area contributed by atoms with Gasteiger partial charge in [-0.25, -0.2) is 0 Å². The van der Waals surface area contributed by atoms with Crippen molar-refractivity contribution in [2.24, 2.45) is 0 Å². The molecule has 0 fully saturated rings. The molecule has 0 aromatic heterocycles. The number of unbranched alkanes of at least 4 members (excludes halogenated alkanes) is 1. The number of hydrogen-bond acceptors (Lipinski definition) is 4. The van der Waals surface area contributed by atoms with Crippen LogP contribution in [0.25, 0.3) is 0 Å². The lowest BCUT2D eigenvalue weighted by molar-refractivity contribution is 0.112. The van der Waals surface area contributed by atoms with Gasteiger partial charge in [0.05, 0.1) is 0 Å². The molecule has 0 aliphatic rings. The number of aldehydes is 1. The largest absolute Gasteiger partial charge is 0.398 e. The molecule has 0 spiro atoms. The second-order valence-electron chi connectivity index (χ2n) is 5.38. The zero-order chi connectivity index (χ0) is 15.8. The van der Waals surface area contributed by atoms with E-state index in [1.165, 1.54) is 0 Å². The van der Waals surface area contributed by atoms with Crippen molar-refractivity contribution in [3.05, 3.63) is 41.6 Å². The van der Waals surface area contributed by atoms with E-state index < -0.39 is 0 Å². The number of likely N-dealkylation sites (N-methyl/N-ethyl adjacent to an activating group) is 2. The predicted molar refractivity (Wildman–Crippen MR) is 89.2 cm³/mol. The van der Waals surface area contributed by atoms with Gasteiger partial charge in [0.15, 0.2) is 0 Å². The second kappa shape index (κ2) is 8.47. The van der Waals surface area contributed by atoms with E-state index >= 15 is 0 Å². The molecule has 0 bridgehead atoms. The molecule has 1 rings (SSSR count). The summed E-state index contributed by atoms with van der Waals surface area (Å²) in [5.41, 5.74) is 9.23. The van der Waals surface area contributed by atoms with Gasteiger partial charge in [-0.3, -0.25) is 9.69 Å². The molecule has 0 aliphatic carbocycles. The van der Waals surface area contributed by atoms with Crippen LogP contribution in [0, 0.1) is 0 Å². The molecule has 0 saturated carbocycles. The molecule has 3 N–H and O–H groups in total. The van der Waals surface area contributed by atoms with Crippen LogP contribution in [0.4, 0.5) is 5.69 Å². The maximum atomic E-state index is 11.2. The average molecular weight is 289 g/mol. The second-order valence-corrected chi connectivity index (χ2v) is 5.38. The fourth-order valence-electron chi connectivity index (χ4n) is 2.50. The minimum atomic E-state index is 0.231. The Morgan fingerprint density at radius 2 is 2.24 bits per heavy atom. The first-order valence-electron chi connectivity index (χ1n) is 7.44. The van der Waals surface area contributed by atoms with Crippen molar-refractivity contribution >= 4 is 12.0 Å². The van der Waals surface area contributed by atoms with Crippen LogP contribution in [-0.2, 0) is 6.54 Å². The van der Waals surface area contributed by atoms with Gasteiger partial charge in [0.2, 0.25) is 0 Å². The van der Waals surface area contributed by atoms with Gasteiger partial charge in [-0.1, -0.05) is 38.5 Å². The van der Waals surface area contributed by atoms with Gasteiger partial charge >= 0.3 is 0 Å². The molecule has 1 atom stereocenters. The molecule has 0 aliphatic heterocycles. The first kappa shape index (κ1) is 17.2. The smallest absolute Gasteiger partial charge is 0.150 e. The van der Waals surface area contributed by atoms with E-state index in [-0.39, 0.29) is 6.04 Å². The maximum absolute atomic E-state index is 11.2. The van der Waals surface area contributed by atoms with Crippen molar-refractivity contribution in [1.29, 1.82) is 0 Å². The third kappa shape index (κ3) is 4.60. The average Bonchev–Trinajstić information content (AvgIpc) is 2.49. The number of rotatable bonds is 9. The summed E-state index contributed by atoms with van der Waals surface area (Å²) in [4.78, 5) is 13.4. The van der Waals surface area contributed by atoms with Crippen molar-refractivity contribution in [2.75, 3.05) is 19.8 Å². The van der Waals surface area contributed by atoms with Crippen LogP contribution in [0.3, 0.4) is 0 Å². The highest BCUT2D eigenvalue weighted by Gasteiger charge is 2.19. The number of carbonyl (C=O) groups is 1. The van der Waals surface area contributed by atoms with Crippen molar-refractivity contribution in [2.45, 2.75) is 38.8 Å². The van der Waals surface area contributed by atoms with Gasteiger partial charge in [0.25, 0.3) is 0 Å². The molecule has 21 heavy (non-hydrogen) atoms. The highest BCUT2D eigenvalue weighted by Crippen LogP contribution is 2.21. The Balaban J connectivity index is 2.93. The summed E-state index contributed by atoms with van der Waals surface area (Å²) >= 11 is 0. The Bertz CT molecular complexity index is 485. The van der Waals surface area contributed by atoms with E-state index in [9.17, 15) is 4.79 Å². The third-order valence-corrected chi connectivity index (χ3v) is 3.87. The summed E-state index contributed by atoms with van der Waals surface area (Å²) in [5, 5.41) is 3.15. The first-order chi connectivity index (χ1) is 10.0. The number of nitrogens with one attached hydrogen (secondary N) is 1. The van der Waals surface area contributed by atoms with Crippen molar-refractivity contribution in [1.82, 2.24) is 10.2 Å². The van der Waals surface area contributed by atoms with Crippen LogP contribution in [-0.4, -0.2) is 31.3 Å². The molecule has 0 heterocycles. The van der Waals surface area contributed by atoms with Crippen LogP contribution in [0.5, 0.6) is 0 Å². The molecule has 4 nitrogen and oxygen atoms in total. The molecule has 116 valence electrons. The standard InChI is InChI=1S/C17H27N3O/c1-5-6-10-17(13(2)19-3)20(4)11-15-14(12-21)8-7-9-16(15)18/h7-9,12,17,19H,2,5-6,10-11,18H2,1,3-4H3. The van der Waals surface area contributed by atoms with E-state index in [2.05, 4.69) is 23.7 Å². The van der Waals surface area contributed by atoms with Crippen molar-refractivity contribution in [3.8, 4) is 0 Å². The van der Waals surface area contributed by atoms with Gasteiger partial charge in [-0.2, -0.15) is 0 Å². The van der Waals surface area contributed by atoms with Crippen molar-refractivity contribution < 1.29 is 4.79 Å². The molecule has 1 aromatic carbocycles. The van der Waals surface area contributed by atoms with Gasteiger partial charge < -0.3 is 11.1 Å². The number of anilines is 1.